The Bertz CT molecular complexity index is 912. The number of aryl methyl sites for hydroxylation is 1. The minimum atomic E-state index is 0.139. The molecule has 7 heteroatoms. The monoisotopic (exact) mass is 513 g/mol. The molecule has 1 fully saturated rings. The molecule has 2 heterocycles. The third-order valence-electron chi connectivity index (χ3n) is 7.50. The number of nitrogens with zero attached hydrogens (tertiary/aromatic N) is 4. The zero-order chi connectivity index (χ0) is 25.9. The van der Waals surface area contributed by atoms with Gasteiger partial charge in [0.05, 0.1) is 17.3 Å². The van der Waals surface area contributed by atoms with Crippen LogP contribution < -0.4 is 10.2 Å². The molecule has 1 aliphatic heterocycles. The summed E-state index contributed by atoms with van der Waals surface area (Å²) in [5.74, 6) is 4.56. The normalized spacial score (nSPS) is 16.2. The van der Waals surface area contributed by atoms with Gasteiger partial charge in [-0.2, -0.15) is 5.10 Å². The Kier molecular flexibility index (Phi) is 11.6. The summed E-state index contributed by atoms with van der Waals surface area (Å²) in [6, 6.07) is 12.6. The Labute approximate surface area is 223 Å². The molecule has 1 aliphatic rings. The predicted molar refractivity (Wildman–Crippen MR) is 154 cm³/mol. The van der Waals surface area contributed by atoms with Crippen molar-refractivity contribution in [1.82, 2.24) is 20.0 Å². The number of amides is 1. The topological polar surface area (TPSA) is 53.4 Å². The van der Waals surface area contributed by atoms with Crippen LogP contribution in [-0.2, 0) is 4.79 Å². The highest BCUT2D eigenvalue weighted by atomic mass is 32.2. The molecule has 1 amide bonds. The van der Waals surface area contributed by atoms with Crippen molar-refractivity contribution >= 4 is 23.5 Å². The smallest absolute Gasteiger partial charge is 0.226 e. The van der Waals surface area contributed by atoms with Crippen molar-refractivity contribution in [1.29, 1.82) is 0 Å². The number of para-hydroxylation sites is 1. The van der Waals surface area contributed by atoms with E-state index < -0.39 is 0 Å². The van der Waals surface area contributed by atoms with Gasteiger partial charge in [0, 0.05) is 43.9 Å². The van der Waals surface area contributed by atoms with E-state index in [1.54, 1.807) is 0 Å². The van der Waals surface area contributed by atoms with Gasteiger partial charge in [-0.1, -0.05) is 58.7 Å². The first-order valence-electron chi connectivity index (χ1n) is 13.9. The molecule has 0 radical (unpaired) electrons. The second kappa shape index (κ2) is 14.7. The van der Waals surface area contributed by atoms with Crippen molar-refractivity contribution in [3.63, 3.8) is 0 Å². The molecule has 36 heavy (non-hydrogen) atoms. The van der Waals surface area contributed by atoms with E-state index in [1.165, 1.54) is 0 Å². The first-order valence-corrected chi connectivity index (χ1v) is 15.1. The average molecular weight is 514 g/mol. The third kappa shape index (κ3) is 7.75. The van der Waals surface area contributed by atoms with E-state index in [1.807, 2.05) is 17.8 Å². The van der Waals surface area contributed by atoms with Gasteiger partial charge in [-0.05, 0) is 50.3 Å². The molecule has 0 aliphatic carbocycles. The predicted octanol–water partition coefficient (Wildman–Crippen LogP) is 5.60. The number of rotatable bonds is 15. The number of hydrogen-bond donors (Lipinski definition) is 1. The number of anilines is 1. The first kappa shape index (κ1) is 28.6. The number of nitrogens with one attached hydrogen (secondary N) is 1. The molecule has 1 aromatic heterocycles. The standard InChI is InChI=1S/C29H47N5OS/c1-6-15-32(28-19-24(5)31-34(28)26-12-10-9-11-13-26)16-14-30-21-25(8-3)20-27(23(4)7-2)29(35)33-17-18-36-22-33/h9-13,19,23,25,27,30H,6-8,14-18,20-22H2,1-5H3/t23-,25+,27+/m0/s1. The van der Waals surface area contributed by atoms with Crippen molar-refractivity contribution in [2.45, 2.75) is 60.3 Å². The summed E-state index contributed by atoms with van der Waals surface area (Å²) in [5, 5.41) is 8.51. The summed E-state index contributed by atoms with van der Waals surface area (Å²) in [6.45, 7) is 15.7. The SMILES string of the molecule is CCCN(CCNC[C@H](CC)C[C@@H](C(=O)N1CCSC1)[C@@H](C)CC)c1cc(C)nn1-c1ccccc1. The minimum Gasteiger partial charge on any atom is -0.355 e. The molecule has 0 bridgehead atoms. The maximum absolute atomic E-state index is 13.3. The lowest BCUT2D eigenvalue weighted by Gasteiger charge is -2.30. The first-order chi connectivity index (χ1) is 17.5. The van der Waals surface area contributed by atoms with Crippen molar-refractivity contribution in [3.05, 3.63) is 42.1 Å². The van der Waals surface area contributed by atoms with E-state index in [4.69, 9.17) is 5.10 Å². The Balaban J connectivity index is 1.58. The second-order valence-electron chi connectivity index (χ2n) is 10.2. The van der Waals surface area contributed by atoms with Gasteiger partial charge in [-0.15, -0.1) is 11.8 Å². The highest BCUT2D eigenvalue weighted by Crippen LogP contribution is 2.29. The van der Waals surface area contributed by atoms with Crippen LogP contribution in [0.25, 0.3) is 5.69 Å². The van der Waals surface area contributed by atoms with Gasteiger partial charge in [-0.3, -0.25) is 4.79 Å². The molecule has 1 aromatic carbocycles. The zero-order valence-electron chi connectivity index (χ0n) is 23.1. The van der Waals surface area contributed by atoms with Gasteiger partial charge in [0.2, 0.25) is 5.91 Å². The van der Waals surface area contributed by atoms with Crippen LogP contribution in [0.15, 0.2) is 36.4 Å². The number of hydrogen-bond acceptors (Lipinski definition) is 5. The Morgan fingerprint density at radius 2 is 1.94 bits per heavy atom. The summed E-state index contributed by atoms with van der Waals surface area (Å²) in [5.41, 5.74) is 2.13. The maximum atomic E-state index is 13.3. The van der Waals surface area contributed by atoms with Crippen molar-refractivity contribution in [2.24, 2.45) is 17.8 Å². The largest absolute Gasteiger partial charge is 0.355 e. The lowest BCUT2D eigenvalue weighted by atomic mass is 9.82. The van der Waals surface area contributed by atoms with E-state index in [9.17, 15) is 4.79 Å². The number of carbonyl (C=O) groups excluding carboxylic acids is 1. The average Bonchev–Trinajstić information content (AvgIpc) is 3.57. The van der Waals surface area contributed by atoms with E-state index in [-0.39, 0.29) is 5.92 Å². The highest BCUT2D eigenvalue weighted by molar-refractivity contribution is 7.99. The molecule has 0 spiro atoms. The Morgan fingerprint density at radius 1 is 1.17 bits per heavy atom. The number of carbonyl (C=O) groups is 1. The van der Waals surface area contributed by atoms with Gasteiger partial charge in [-0.25, -0.2) is 4.68 Å². The minimum absolute atomic E-state index is 0.139. The van der Waals surface area contributed by atoms with Crippen LogP contribution in [0, 0.1) is 24.7 Å². The number of aromatic nitrogens is 2. The molecule has 3 rings (SSSR count). The lowest BCUT2D eigenvalue weighted by Crippen LogP contribution is -2.39. The van der Waals surface area contributed by atoms with Crippen LogP contribution in [0.5, 0.6) is 0 Å². The highest BCUT2D eigenvalue weighted by Gasteiger charge is 2.31. The molecule has 2 aromatic rings. The summed E-state index contributed by atoms with van der Waals surface area (Å²) in [4.78, 5) is 17.8. The van der Waals surface area contributed by atoms with E-state index in [2.05, 4.69) is 84.7 Å². The number of benzene rings is 1. The summed E-state index contributed by atoms with van der Waals surface area (Å²) < 4.78 is 2.07. The third-order valence-corrected chi connectivity index (χ3v) is 8.47. The van der Waals surface area contributed by atoms with Crippen molar-refractivity contribution in [3.8, 4) is 5.69 Å². The lowest BCUT2D eigenvalue weighted by molar-refractivity contribution is -0.136. The van der Waals surface area contributed by atoms with Crippen LogP contribution in [0.4, 0.5) is 5.82 Å². The summed E-state index contributed by atoms with van der Waals surface area (Å²) in [7, 11) is 0. The molecule has 1 N–H and O–H groups in total. The van der Waals surface area contributed by atoms with Crippen LogP contribution >= 0.6 is 11.8 Å². The molecule has 200 valence electrons. The van der Waals surface area contributed by atoms with Gasteiger partial charge in [0.25, 0.3) is 0 Å². The van der Waals surface area contributed by atoms with Crippen LogP contribution in [0.3, 0.4) is 0 Å². The fourth-order valence-corrected chi connectivity index (χ4v) is 5.99. The number of thioether (sulfide) groups is 1. The zero-order valence-corrected chi connectivity index (χ0v) is 23.9. The van der Waals surface area contributed by atoms with E-state index >= 15 is 0 Å². The molecule has 1 saturated heterocycles. The van der Waals surface area contributed by atoms with Crippen molar-refractivity contribution < 1.29 is 4.79 Å². The van der Waals surface area contributed by atoms with Gasteiger partial charge in [0.1, 0.15) is 5.82 Å². The summed E-state index contributed by atoms with van der Waals surface area (Å²) in [6.07, 6.45) is 4.23. The molecule has 0 saturated carbocycles. The fraction of sp³-hybridized carbons (Fsp3) is 0.655. The van der Waals surface area contributed by atoms with Crippen LogP contribution in [0.2, 0.25) is 0 Å². The maximum Gasteiger partial charge on any atom is 0.226 e. The molecule has 3 atom stereocenters. The Morgan fingerprint density at radius 3 is 2.58 bits per heavy atom. The van der Waals surface area contributed by atoms with Crippen molar-refractivity contribution in [2.75, 3.05) is 49.3 Å². The molecule has 6 nitrogen and oxygen atoms in total. The van der Waals surface area contributed by atoms with Gasteiger partial charge in [0.15, 0.2) is 0 Å². The van der Waals surface area contributed by atoms with Crippen LogP contribution in [-0.4, -0.2) is 64.9 Å². The summed E-state index contributed by atoms with van der Waals surface area (Å²) >= 11 is 1.88. The molecular formula is C29H47N5OS. The van der Waals surface area contributed by atoms with Gasteiger partial charge >= 0.3 is 0 Å². The second-order valence-corrected chi connectivity index (χ2v) is 11.3. The quantitative estimate of drug-likeness (QED) is 0.314. The van der Waals surface area contributed by atoms with Crippen LogP contribution in [0.1, 0.15) is 59.1 Å². The molecule has 0 unspecified atom stereocenters. The Hall–Kier alpha value is -1.99. The van der Waals surface area contributed by atoms with E-state index in [0.717, 1.165) is 87.2 Å². The van der Waals surface area contributed by atoms with Gasteiger partial charge < -0.3 is 15.1 Å². The molecular weight excluding hydrogens is 466 g/mol. The van der Waals surface area contributed by atoms with E-state index in [0.29, 0.717) is 17.7 Å². The fourth-order valence-electron chi connectivity index (χ4n) is 5.04.